The standard InChI is InChI=1S/C20H14F4N4O3/c21-13-5-10(17(29)7-18(25)20(22,23)24)1-3-12(13)16-8-31-19(30)28(16)11-2-4-14-15(6-11)27-9-26-14/h1-7,9,16H,8,25H2,(H,26,27)/b18-7-. The van der Waals surface area contributed by atoms with Crippen LogP contribution in [-0.4, -0.2) is 34.6 Å². The third-order valence-electron chi connectivity index (χ3n) is 4.81. The summed E-state index contributed by atoms with van der Waals surface area (Å²) in [5.74, 6) is -1.97. The van der Waals surface area contributed by atoms with Gasteiger partial charge >= 0.3 is 12.3 Å². The van der Waals surface area contributed by atoms with Gasteiger partial charge < -0.3 is 15.5 Å². The van der Waals surface area contributed by atoms with Crippen molar-refractivity contribution in [3.63, 3.8) is 0 Å². The van der Waals surface area contributed by atoms with Crippen molar-refractivity contribution in [2.24, 2.45) is 5.73 Å². The lowest BCUT2D eigenvalue weighted by Gasteiger charge is -2.22. The summed E-state index contributed by atoms with van der Waals surface area (Å²) in [6.45, 7) is -0.148. The van der Waals surface area contributed by atoms with Crippen LogP contribution in [0.4, 0.5) is 28.0 Å². The number of allylic oxidation sites excluding steroid dienone is 2. The summed E-state index contributed by atoms with van der Waals surface area (Å²) < 4.78 is 57.4. The highest BCUT2D eigenvalue weighted by Gasteiger charge is 2.37. The number of carbonyl (C=O) groups excluding carboxylic acids is 2. The molecule has 31 heavy (non-hydrogen) atoms. The van der Waals surface area contributed by atoms with Crippen molar-refractivity contribution in [2.45, 2.75) is 12.2 Å². The van der Waals surface area contributed by atoms with E-state index in [1.165, 1.54) is 23.4 Å². The molecule has 1 aliphatic rings. The smallest absolute Gasteiger partial charge is 0.430 e. The summed E-state index contributed by atoms with van der Waals surface area (Å²) in [5.41, 5.74) is 4.75. The summed E-state index contributed by atoms with van der Waals surface area (Å²) in [7, 11) is 0. The number of aromatic amines is 1. The Morgan fingerprint density at radius 3 is 2.74 bits per heavy atom. The van der Waals surface area contributed by atoms with Crippen LogP contribution >= 0.6 is 0 Å². The van der Waals surface area contributed by atoms with Crippen LogP contribution in [0.25, 0.3) is 11.0 Å². The van der Waals surface area contributed by atoms with Crippen LogP contribution in [0.15, 0.2) is 54.5 Å². The Hall–Kier alpha value is -3.89. The Bertz CT molecular complexity index is 1220. The third kappa shape index (κ3) is 3.81. The molecule has 0 radical (unpaired) electrons. The van der Waals surface area contributed by atoms with Crippen LogP contribution in [0.5, 0.6) is 0 Å². The van der Waals surface area contributed by atoms with Gasteiger partial charge in [-0.1, -0.05) is 12.1 Å². The van der Waals surface area contributed by atoms with E-state index in [4.69, 9.17) is 10.5 Å². The number of alkyl halides is 3. The quantitative estimate of drug-likeness (QED) is 0.367. The van der Waals surface area contributed by atoms with Crippen molar-refractivity contribution in [3.05, 3.63) is 71.4 Å². The average Bonchev–Trinajstić information content (AvgIpc) is 3.32. The molecule has 1 saturated heterocycles. The van der Waals surface area contributed by atoms with E-state index in [0.717, 1.165) is 6.07 Å². The van der Waals surface area contributed by atoms with Crippen molar-refractivity contribution in [1.29, 1.82) is 0 Å². The number of rotatable bonds is 4. The topological polar surface area (TPSA) is 101 Å². The molecule has 1 atom stereocenters. The number of aromatic nitrogens is 2. The van der Waals surface area contributed by atoms with Gasteiger partial charge in [-0.05, 0) is 24.3 Å². The van der Waals surface area contributed by atoms with Gasteiger partial charge in [-0.3, -0.25) is 9.69 Å². The molecule has 2 aromatic carbocycles. The number of ketones is 1. The Labute approximate surface area is 172 Å². The minimum Gasteiger partial charge on any atom is -0.447 e. The van der Waals surface area contributed by atoms with Crippen LogP contribution < -0.4 is 10.6 Å². The summed E-state index contributed by atoms with van der Waals surface area (Å²) in [5, 5.41) is 0. The Kier molecular flexibility index (Phi) is 4.88. The maximum atomic E-state index is 14.8. The lowest BCUT2D eigenvalue weighted by Crippen LogP contribution is -2.28. The Balaban J connectivity index is 1.65. The summed E-state index contributed by atoms with van der Waals surface area (Å²) in [6, 6.07) is 7.32. The first-order valence-electron chi connectivity index (χ1n) is 8.92. The number of H-pyrrole nitrogens is 1. The molecule has 1 aliphatic heterocycles. The van der Waals surface area contributed by atoms with E-state index in [9.17, 15) is 27.2 Å². The molecule has 3 aromatic rings. The molecule has 7 nitrogen and oxygen atoms in total. The molecule has 3 N–H and O–H groups in total. The normalized spacial score (nSPS) is 17.3. The summed E-state index contributed by atoms with van der Waals surface area (Å²) in [4.78, 5) is 32.6. The lowest BCUT2D eigenvalue weighted by molar-refractivity contribution is -0.0927. The van der Waals surface area contributed by atoms with Gasteiger partial charge in [-0.2, -0.15) is 13.2 Å². The minimum absolute atomic E-state index is 0.0416. The van der Waals surface area contributed by atoms with Gasteiger partial charge in [0.05, 0.1) is 23.0 Å². The van der Waals surface area contributed by atoms with Gasteiger partial charge in [0, 0.05) is 17.2 Å². The highest BCUT2D eigenvalue weighted by atomic mass is 19.4. The van der Waals surface area contributed by atoms with Crippen LogP contribution in [0, 0.1) is 5.82 Å². The lowest BCUT2D eigenvalue weighted by atomic mass is 10.0. The fourth-order valence-electron chi connectivity index (χ4n) is 3.27. The molecule has 4 rings (SSSR count). The maximum absolute atomic E-state index is 14.8. The maximum Gasteiger partial charge on any atom is 0.430 e. The van der Waals surface area contributed by atoms with Gasteiger partial charge in [-0.25, -0.2) is 14.2 Å². The van der Waals surface area contributed by atoms with Crippen LogP contribution in [0.2, 0.25) is 0 Å². The Morgan fingerprint density at radius 2 is 2.03 bits per heavy atom. The van der Waals surface area contributed by atoms with E-state index in [1.54, 1.807) is 18.2 Å². The molecule has 1 amide bonds. The third-order valence-corrected chi connectivity index (χ3v) is 4.81. The summed E-state index contributed by atoms with van der Waals surface area (Å²) in [6.07, 6.45) is -3.87. The second kappa shape index (κ2) is 7.42. The number of hydrogen-bond acceptors (Lipinski definition) is 5. The number of nitrogens with one attached hydrogen (secondary N) is 1. The molecule has 0 bridgehead atoms. The second-order valence-corrected chi connectivity index (χ2v) is 6.76. The molecule has 0 spiro atoms. The SMILES string of the molecule is N/C(=C\C(=O)c1ccc(C2COC(=O)N2c2ccc3nc[nH]c3c2)c(F)c1)C(F)(F)F. The van der Waals surface area contributed by atoms with Crippen molar-refractivity contribution < 1.29 is 31.9 Å². The number of fused-ring (bicyclic) bond motifs is 1. The first kappa shape index (κ1) is 20.4. The summed E-state index contributed by atoms with van der Waals surface area (Å²) >= 11 is 0. The number of ether oxygens (including phenoxy) is 1. The highest BCUT2D eigenvalue weighted by Crippen LogP contribution is 2.35. The molecule has 0 saturated carbocycles. The van der Waals surface area contributed by atoms with Crippen LogP contribution in [-0.2, 0) is 4.74 Å². The molecule has 0 aliphatic carbocycles. The van der Waals surface area contributed by atoms with E-state index in [2.05, 4.69) is 9.97 Å². The predicted molar refractivity (Wildman–Crippen MR) is 102 cm³/mol. The van der Waals surface area contributed by atoms with Gasteiger partial charge in [0.2, 0.25) is 0 Å². The molecule has 1 unspecified atom stereocenters. The van der Waals surface area contributed by atoms with E-state index < -0.39 is 35.6 Å². The fourth-order valence-corrected chi connectivity index (χ4v) is 3.27. The molecule has 160 valence electrons. The van der Waals surface area contributed by atoms with Crippen molar-refractivity contribution >= 4 is 28.6 Å². The fraction of sp³-hybridized carbons (Fsp3) is 0.150. The van der Waals surface area contributed by atoms with E-state index >= 15 is 0 Å². The average molecular weight is 434 g/mol. The van der Waals surface area contributed by atoms with Crippen LogP contribution in [0.1, 0.15) is 22.0 Å². The van der Waals surface area contributed by atoms with Gasteiger partial charge in [0.25, 0.3) is 0 Å². The number of cyclic esters (lactones) is 1. The second-order valence-electron chi connectivity index (χ2n) is 6.76. The number of nitrogens with two attached hydrogens (primary N) is 1. The van der Waals surface area contributed by atoms with E-state index in [0.29, 0.717) is 16.7 Å². The zero-order chi connectivity index (χ0) is 22.3. The van der Waals surface area contributed by atoms with Crippen LogP contribution in [0.3, 0.4) is 0 Å². The number of nitrogens with zero attached hydrogens (tertiary/aromatic N) is 2. The monoisotopic (exact) mass is 434 g/mol. The molecule has 11 heteroatoms. The molecular formula is C20H14F4N4O3. The zero-order valence-electron chi connectivity index (χ0n) is 15.6. The van der Waals surface area contributed by atoms with Gasteiger partial charge in [0.1, 0.15) is 24.2 Å². The Morgan fingerprint density at radius 1 is 1.26 bits per heavy atom. The van der Waals surface area contributed by atoms with Crippen molar-refractivity contribution in [3.8, 4) is 0 Å². The van der Waals surface area contributed by atoms with Crippen molar-refractivity contribution in [1.82, 2.24) is 9.97 Å². The first-order valence-corrected chi connectivity index (χ1v) is 8.92. The predicted octanol–water partition coefficient (Wildman–Crippen LogP) is 3.99. The van der Waals surface area contributed by atoms with E-state index in [-0.39, 0.29) is 23.8 Å². The number of halogens is 4. The number of imidazole rings is 1. The molecule has 2 heterocycles. The molecule has 1 aromatic heterocycles. The molecule has 1 fully saturated rings. The number of carbonyl (C=O) groups is 2. The number of benzene rings is 2. The van der Waals surface area contributed by atoms with Gasteiger partial charge in [-0.15, -0.1) is 0 Å². The highest BCUT2D eigenvalue weighted by molar-refractivity contribution is 6.05. The van der Waals surface area contributed by atoms with Gasteiger partial charge in [0.15, 0.2) is 5.78 Å². The van der Waals surface area contributed by atoms with E-state index in [1.807, 2.05) is 0 Å². The number of anilines is 1. The largest absolute Gasteiger partial charge is 0.447 e. The molecular weight excluding hydrogens is 420 g/mol. The number of hydrogen-bond donors (Lipinski definition) is 2. The number of amides is 1. The zero-order valence-corrected chi connectivity index (χ0v) is 15.6. The minimum atomic E-state index is -4.87. The van der Waals surface area contributed by atoms with Crippen molar-refractivity contribution in [2.75, 3.05) is 11.5 Å². The first-order chi connectivity index (χ1) is 14.6.